The zero-order valence-corrected chi connectivity index (χ0v) is 11.4. The smallest absolute Gasteiger partial charge is 0.305 e. The van der Waals surface area contributed by atoms with Crippen molar-refractivity contribution in [1.82, 2.24) is 4.72 Å². The second-order valence-electron chi connectivity index (χ2n) is 3.09. The third-order valence-electron chi connectivity index (χ3n) is 2.00. The van der Waals surface area contributed by atoms with Crippen molar-refractivity contribution in [2.45, 2.75) is 4.90 Å². The fourth-order valence-corrected chi connectivity index (χ4v) is 3.22. The van der Waals surface area contributed by atoms with Gasteiger partial charge in [-0.15, -0.1) is 0 Å². The number of carbonyl (C=O) groups excluding carboxylic acids is 1. The number of hydrogen-bond acceptors (Lipinski definition) is 6. The fourth-order valence-electron chi connectivity index (χ4n) is 1.07. The Labute approximate surface area is 105 Å². The number of hydrogen-bond donors (Lipinski definition) is 1. The summed E-state index contributed by atoms with van der Waals surface area (Å²) in [6.45, 7) is 0. The number of amides is 1. The van der Waals surface area contributed by atoms with Gasteiger partial charge in [-0.25, -0.2) is 17.7 Å². The first kappa shape index (κ1) is 14.8. The van der Waals surface area contributed by atoms with Gasteiger partial charge in [0, 0.05) is 14.2 Å². The van der Waals surface area contributed by atoms with Gasteiger partial charge in [0.25, 0.3) is 10.0 Å². The minimum atomic E-state index is -4.12. The van der Waals surface area contributed by atoms with Crippen LogP contribution in [0.3, 0.4) is 0 Å². The van der Waals surface area contributed by atoms with Gasteiger partial charge in [-0.05, 0) is 12.1 Å². The van der Waals surface area contributed by atoms with E-state index in [0.717, 1.165) is 14.2 Å². The molecule has 1 aromatic rings. The first-order chi connectivity index (χ1) is 8.35. The van der Waals surface area contributed by atoms with Gasteiger partial charge in [0.2, 0.25) is 0 Å². The average Bonchev–Trinajstić information content (AvgIpc) is 2.38. The Hall–Kier alpha value is -1.21. The standard InChI is InChI=1S/C9H12NO6PS/c1-15-17(12,16-2)9(11)10-18(13,14)8-6-4-3-5-7-8/h3-7H,1-2H3,(H,10,11). The molecule has 0 aliphatic rings. The van der Waals surface area contributed by atoms with Gasteiger partial charge in [0.05, 0.1) is 4.90 Å². The first-order valence-corrected chi connectivity index (χ1v) is 7.72. The normalized spacial score (nSPS) is 12.1. The fraction of sp³-hybridized carbons (Fsp3) is 0.222. The summed E-state index contributed by atoms with van der Waals surface area (Å²) in [5.41, 5.74) is -1.34. The maximum absolute atomic E-state index is 11.8. The van der Waals surface area contributed by atoms with Crippen molar-refractivity contribution >= 4 is 23.3 Å². The lowest BCUT2D eigenvalue weighted by atomic mass is 10.4. The molecular weight excluding hydrogens is 281 g/mol. The molecule has 1 rings (SSSR count). The Morgan fingerprint density at radius 3 is 2.11 bits per heavy atom. The molecule has 0 unspecified atom stereocenters. The van der Waals surface area contributed by atoms with Crippen molar-refractivity contribution in [2.24, 2.45) is 0 Å². The number of sulfonamides is 1. The van der Waals surface area contributed by atoms with Gasteiger partial charge in [-0.2, -0.15) is 0 Å². The Morgan fingerprint density at radius 1 is 1.17 bits per heavy atom. The minimum Gasteiger partial charge on any atom is -0.305 e. The SMILES string of the molecule is COP(=O)(OC)C(=O)NS(=O)(=O)c1ccccc1. The molecule has 0 spiro atoms. The van der Waals surface area contributed by atoms with Crippen LogP contribution < -0.4 is 4.72 Å². The molecule has 0 saturated carbocycles. The van der Waals surface area contributed by atoms with Crippen LogP contribution in [0.4, 0.5) is 4.79 Å². The highest BCUT2D eigenvalue weighted by molar-refractivity contribution is 7.91. The van der Waals surface area contributed by atoms with E-state index in [1.807, 2.05) is 0 Å². The zero-order valence-electron chi connectivity index (χ0n) is 9.69. The van der Waals surface area contributed by atoms with Crippen molar-refractivity contribution in [1.29, 1.82) is 0 Å². The van der Waals surface area contributed by atoms with E-state index in [9.17, 15) is 17.8 Å². The van der Waals surface area contributed by atoms with Crippen LogP contribution in [0.25, 0.3) is 0 Å². The van der Waals surface area contributed by atoms with Crippen LogP contribution in [0.15, 0.2) is 35.2 Å². The van der Waals surface area contributed by atoms with Gasteiger partial charge >= 0.3 is 13.2 Å². The Bertz CT molecular complexity index is 562. The molecule has 18 heavy (non-hydrogen) atoms. The summed E-state index contributed by atoms with van der Waals surface area (Å²) >= 11 is 0. The quantitative estimate of drug-likeness (QED) is 0.827. The van der Waals surface area contributed by atoms with Gasteiger partial charge in [0.15, 0.2) is 0 Å². The summed E-state index contributed by atoms with van der Waals surface area (Å²) in [6.07, 6.45) is 0. The van der Waals surface area contributed by atoms with Gasteiger partial charge in [-0.3, -0.25) is 4.79 Å². The molecule has 0 atom stereocenters. The summed E-state index contributed by atoms with van der Waals surface area (Å²) in [7, 11) is -6.24. The maximum Gasteiger partial charge on any atom is 0.418 e. The lowest BCUT2D eigenvalue weighted by Crippen LogP contribution is -2.29. The molecule has 100 valence electrons. The van der Waals surface area contributed by atoms with E-state index in [1.165, 1.54) is 24.3 Å². The van der Waals surface area contributed by atoms with E-state index < -0.39 is 23.3 Å². The average molecular weight is 293 g/mol. The monoisotopic (exact) mass is 293 g/mol. The number of nitrogens with one attached hydrogen (secondary N) is 1. The molecule has 0 heterocycles. The second kappa shape index (κ2) is 5.62. The van der Waals surface area contributed by atoms with Gasteiger partial charge in [-0.1, -0.05) is 18.2 Å². The van der Waals surface area contributed by atoms with Crippen molar-refractivity contribution in [2.75, 3.05) is 14.2 Å². The van der Waals surface area contributed by atoms with Crippen molar-refractivity contribution < 1.29 is 26.8 Å². The molecular formula is C9H12NO6PS. The lowest BCUT2D eigenvalue weighted by molar-refractivity contribution is 0.237. The van der Waals surface area contributed by atoms with E-state index >= 15 is 0 Å². The van der Waals surface area contributed by atoms with E-state index in [1.54, 1.807) is 10.8 Å². The first-order valence-electron chi connectivity index (χ1n) is 4.69. The second-order valence-corrected chi connectivity index (χ2v) is 6.90. The molecule has 0 bridgehead atoms. The summed E-state index contributed by atoms with van der Waals surface area (Å²) < 4.78 is 45.6. The van der Waals surface area contributed by atoms with Crippen LogP contribution >= 0.6 is 7.60 Å². The molecule has 1 aromatic carbocycles. The highest BCUT2D eigenvalue weighted by atomic mass is 32.2. The maximum atomic E-state index is 11.8. The molecule has 0 saturated heterocycles. The van der Waals surface area contributed by atoms with Crippen LogP contribution in [0.1, 0.15) is 0 Å². The number of rotatable bonds is 5. The van der Waals surface area contributed by atoms with Crippen LogP contribution in [0.5, 0.6) is 0 Å². The summed E-state index contributed by atoms with van der Waals surface area (Å²) in [5, 5.41) is 0. The Balaban J connectivity index is 2.99. The molecule has 1 amide bonds. The van der Waals surface area contributed by atoms with E-state index in [-0.39, 0.29) is 4.90 Å². The summed E-state index contributed by atoms with van der Waals surface area (Å²) in [4.78, 5) is 11.4. The molecule has 0 aliphatic carbocycles. The van der Waals surface area contributed by atoms with E-state index in [0.29, 0.717) is 0 Å². The van der Waals surface area contributed by atoms with Crippen LogP contribution in [0, 0.1) is 0 Å². The highest BCUT2D eigenvalue weighted by Crippen LogP contribution is 2.47. The van der Waals surface area contributed by atoms with Crippen molar-refractivity contribution in [3.8, 4) is 0 Å². The third kappa shape index (κ3) is 3.17. The number of carbonyl (C=O) groups is 1. The lowest BCUT2D eigenvalue weighted by Gasteiger charge is -2.13. The zero-order chi connectivity index (χ0) is 13.8. The molecule has 0 fully saturated rings. The topological polar surface area (TPSA) is 98.8 Å². The molecule has 9 heteroatoms. The minimum absolute atomic E-state index is 0.128. The van der Waals surface area contributed by atoms with Crippen LogP contribution in [-0.4, -0.2) is 28.3 Å². The predicted octanol–water partition coefficient (Wildman–Crippen LogP) is 1.57. The predicted molar refractivity (Wildman–Crippen MR) is 63.8 cm³/mol. The van der Waals surface area contributed by atoms with Crippen LogP contribution in [0.2, 0.25) is 0 Å². The van der Waals surface area contributed by atoms with E-state index in [2.05, 4.69) is 9.05 Å². The van der Waals surface area contributed by atoms with Crippen molar-refractivity contribution in [3.63, 3.8) is 0 Å². The number of benzene rings is 1. The molecule has 1 N–H and O–H groups in total. The van der Waals surface area contributed by atoms with E-state index in [4.69, 9.17) is 0 Å². The molecule has 7 nitrogen and oxygen atoms in total. The Kier molecular flexibility index (Phi) is 4.64. The Morgan fingerprint density at radius 2 is 1.67 bits per heavy atom. The van der Waals surface area contributed by atoms with Gasteiger partial charge < -0.3 is 9.05 Å². The van der Waals surface area contributed by atoms with Crippen molar-refractivity contribution in [3.05, 3.63) is 30.3 Å². The molecule has 0 aliphatic heterocycles. The third-order valence-corrected chi connectivity index (χ3v) is 5.07. The largest absolute Gasteiger partial charge is 0.418 e. The molecule has 0 aromatic heterocycles. The van der Waals surface area contributed by atoms with Crippen LogP contribution in [-0.2, 0) is 23.6 Å². The summed E-state index contributed by atoms with van der Waals surface area (Å²) in [6, 6.07) is 7.19. The summed E-state index contributed by atoms with van der Waals surface area (Å²) in [5.74, 6) is 0. The molecule has 0 radical (unpaired) electrons. The van der Waals surface area contributed by atoms with Gasteiger partial charge in [0.1, 0.15) is 0 Å². The highest BCUT2D eigenvalue weighted by Gasteiger charge is 2.35.